The maximum atomic E-state index is 12.7. The maximum absolute atomic E-state index is 12.7. The van der Waals surface area contributed by atoms with Gasteiger partial charge in [-0.2, -0.15) is 0 Å². The molecule has 1 aliphatic rings. The number of carboxylic acids is 1. The molecule has 3 rings (SSSR count). The van der Waals surface area contributed by atoms with Crippen LogP contribution in [0.15, 0.2) is 48.5 Å². The molecular formula is C25H28O3. The van der Waals surface area contributed by atoms with Gasteiger partial charge >= 0.3 is 5.97 Å². The van der Waals surface area contributed by atoms with E-state index in [0.29, 0.717) is 17.4 Å². The van der Waals surface area contributed by atoms with Crippen LogP contribution in [-0.2, 0) is 5.41 Å². The topological polar surface area (TPSA) is 54.4 Å². The highest BCUT2D eigenvalue weighted by molar-refractivity contribution is 6.07. The number of ketones is 1. The molecule has 2 aromatic carbocycles. The molecule has 146 valence electrons. The summed E-state index contributed by atoms with van der Waals surface area (Å²) in [6.45, 7) is 9.06. The molecule has 28 heavy (non-hydrogen) atoms. The quantitative estimate of drug-likeness (QED) is 0.507. The summed E-state index contributed by atoms with van der Waals surface area (Å²) < 4.78 is 0. The number of carboxylic acid groups (broad SMARTS) is 1. The van der Waals surface area contributed by atoms with E-state index in [9.17, 15) is 9.59 Å². The first-order valence-electron chi connectivity index (χ1n) is 9.89. The molecule has 0 radical (unpaired) electrons. The first-order valence-corrected chi connectivity index (χ1v) is 9.89. The molecule has 0 aliphatic heterocycles. The van der Waals surface area contributed by atoms with Gasteiger partial charge in [0.1, 0.15) is 0 Å². The first kappa shape index (κ1) is 20.1. The Morgan fingerprint density at radius 2 is 1.71 bits per heavy atom. The fraction of sp³-hybridized carbons (Fsp3) is 0.360. The highest BCUT2D eigenvalue weighted by Crippen LogP contribution is 2.45. The molecule has 3 heteroatoms. The molecule has 3 nitrogen and oxygen atoms in total. The molecule has 1 unspecified atom stereocenters. The summed E-state index contributed by atoms with van der Waals surface area (Å²) in [6.07, 6.45) is 5.62. The smallest absolute Gasteiger partial charge is 0.335 e. The average molecular weight is 376 g/mol. The Kier molecular flexibility index (Phi) is 5.55. The molecular weight excluding hydrogens is 348 g/mol. The van der Waals surface area contributed by atoms with Gasteiger partial charge in [-0.3, -0.25) is 4.79 Å². The van der Waals surface area contributed by atoms with Crippen molar-refractivity contribution in [3.8, 4) is 0 Å². The van der Waals surface area contributed by atoms with Gasteiger partial charge in [0.25, 0.3) is 0 Å². The molecule has 0 bridgehead atoms. The molecule has 0 saturated heterocycles. The van der Waals surface area contributed by atoms with Gasteiger partial charge in [0.05, 0.1) is 5.56 Å². The van der Waals surface area contributed by atoms with E-state index in [4.69, 9.17) is 5.11 Å². The molecule has 0 amide bonds. The Hall–Kier alpha value is -2.68. The number of aromatic carboxylic acids is 1. The van der Waals surface area contributed by atoms with Crippen molar-refractivity contribution in [2.75, 3.05) is 0 Å². The molecule has 0 fully saturated rings. The van der Waals surface area contributed by atoms with Crippen LogP contribution in [0, 0.1) is 5.92 Å². The van der Waals surface area contributed by atoms with Crippen LogP contribution in [0.25, 0.3) is 6.08 Å². The minimum absolute atomic E-state index is 0.0346. The van der Waals surface area contributed by atoms with Gasteiger partial charge in [-0.15, -0.1) is 0 Å². The van der Waals surface area contributed by atoms with Crippen LogP contribution in [0.5, 0.6) is 0 Å². The Balaban J connectivity index is 1.85. The number of benzene rings is 2. The van der Waals surface area contributed by atoms with Crippen molar-refractivity contribution in [2.24, 2.45) is 5.92 Å². The predicted molar refractivity (Wildman–Crippen MR) is 113 cm³/mol. The molecule has 0 spiro atoms. The Bertz CT molecular complexity index is 917. The average Bonchev–Trinajstić information content (AvgIpc) is 2.66. The van der Waals surface area contributed by atoms with Crippen LogP contribution in [-0.4, -0.2) is 16.9 Å². The standard InChI is InChI=1S/C25H28O3/c1-16(2)20-13-14-25(3,4)22-15-19(10-11-21(20)22)23(26)12-7-17-5-8-18(9-6-17)24(27)28/h5-12,15-16,20H,13-14H2,1-4H3,(H,27,28)/b12-7+. The second-order valence-corrected chi connectivity index (χ2v) is 8.70. The van der Waals surface area contributed by atoms with Crippen LogP contribution < -0.4 is 0 Å². The Morgan fingerprint density at radius 3 is 2.32 bits per heavy atom. The molecule has 1 aliphatic carbocycles. The van der Waals surface area contributed by atoms with Crippen LogP contribution >= 0.6 is 0 Å². The van der Waals surface area contributed by atoms with Gasteiger partial charge in [-0.25, -0.2) is 4.79 Å². The number of allylic oxidation sites excluding steroid dienone is 1. The highest BCUT2D eigenvalue weighted by Gasteiger charge is 2.34. The number of carbonyl (C=O) groups is 2. The second kappa shape index (κ2) is 7.75. The van der Waals surface area contributed by atoms with Crippen LogP contribution in [0.3, 0.4) is 0 Å². The van der Waals surface area contributed by atoms with Gasteiger partial charge in [-0.05, 0) is 71.1 Å². The summed E-state index contributed by atoms with van der Waals surface area (Å²) in [6, 6.07) is 12.6. The molecule has 0 aromatic heterocycles. The Labute approximate surface area is 167 Å². The minimum atomic E-state index is -0.956. The van der Waals surface area contributed by atoms with Crippen LogP contribution in [0.1, 0.15) is 83.9 Å². The van der Waals surface area contributed by atoms with E-state index in [-0.39, 0.29) is 16.8 Å². The minimum Gasteiger partial charge on any atom is -0.478 e. The number of hydrogen-bond acceptors (Lipinski definition) is 2. The second-order valence-electron chi connectivity index (χ2n) is 8.70. The highest BCUT2D eigenvalue weighted by atomic mass is 16.4. The van der Waals surface area contributed by atoms with E-state index < -0.39 is 5.97 Å². The molecule has 0 saturated carbocycles. The fourth-order valence-electron chi connectivity index (χ4n) is 4.12. The monoisotopic (exact) mass is 376 g/mol. The van der Waals surface area contributed by atoms with Gasteiger partial charge in [0, 0.05) is 5.56 Å². The lowest BCUT2D eigenvalue weighted by atomic mass is 9.66. The zero-order valence-electron chi connectivity index (χ0n) is 17.0. The lowest BCUT2D eigenvalue weighted by Crippen LogP contribution is -2.28. The van der Waals surface area contributed by atoms with E-state index in [1.54, 1.807) is 36.4 Å². The van der Waals surface area contributed by atoms with Gasteiger partial charge in [0.2, 0.25) is 0 Å². The van der Waals surface area contributed by atoms with E-state index in [1.807, 2.05) is 6.07 Å². The molecule has 2 aromatic rings. The summed E-state index contributed by atoms with van der Waals surface area (Å²) in [5, 5.41) is 8.96. The number of fused-ring (bicyclic) bond motifs is 1. The maximum Gasteiger partial charge on any atom is 0.335 e. The van der Waals surface area contributed by atoms with Crippen molar-refractivity contribution in [1.82, 2.24) is 0 Å². The summed E-state index contributed by atoms with van der Waals surface area (Å²) in [5.74, 6) is 0.149. The molecule has 1 atom stereocenters. The van der Waals surface area contributed by atoms with E-state index in [1.165, 1.54) is 17.5 Å². The van der Waals surface area contributed by atoms with Crippen molar-refractivity contribution in [3.05, 3.63) is 76.4 Å². The molecule has 1 N–H and O–H groups in total. The van der Waals surface area contributed by atoms with Gasteiger partial charge < -0.3 is 5.11 Å². The van der Waals surface area contributed by atoms with Crippen molar-refractivity contribution < 1.29 is 14.7 Å². The lowest BCUT2D eigenvalue weighted by Gasteiger charge is -2.39. The van der Waals surface area contributed by atoms with Gasteiger partial charge in [-0.1, -0.05) is 58.0 Å². The summed E-state index contributed by atoms with van der Waals surface area (Å²) >= 11 is 0. The van der Waals surface area contributed by atoms with Crippen molar-refractivity contribution in [2.45, 2.75) is 51.9 Å². The van der Waals surface area contributed by atoms with Crippen molar-refractivity contribution in [1.29, 1.82) is 0 Å². The number of carbonyl (C=O) groups excluding carboxylic acids is 1. The zero-order valence-corrected chi connectivity index (χ0v) is 17.0. The third-order valence-electron chi connectivity index (χ3n) is 5.94. The van der Waals surface area contributed by atoms with E-state index in [0.717, 1.165) is 12.0 Å². The summed E-state index contributed by atoms with van der Waals surface area (Å²) in [7, 11) is 0. The van der Waals surface area contributed by atoms with Crippen molar-refractivity contribution in [3.63, 3.8) is 0 Å². The summed E-state index contributed by atoms with van der Waals surface area (Å²) in [4.78, 5) is 23.7. The van der Waals surface area contributed by atoms with E-state index in [2.05, 4.69) is 39.8 Å². The largest absolute Gasteiger partial charge is 0.478 e. The zero-order chi connectivity index (χ0) is 20.5. The fourth-order valence-corrected chi connectivity index (χ4v) is 4.12. The normalized spacial score (nSPS) is 18.2. The predicted octanol–water partition coefficient (Wildman–Crippen LogP) is 6.09. The lowest BCUT2D eigenvalue weighted by molar-refractivity contribution is 0.0696. The van der Waals surface area contributed by atoms with E-state index >= 15 is 0 Å². The third kappa shape index (κ3) is 4.09. The number of hydrogen-bond donors (Lipinski definition) is 1. The third-order valence-corrected chi connectivity index (χ3v) is 5.94. The number of rotatable bonds is 5. The van der Waals surface area contributed by atoms with Crippen molar-refractivity contribution >= 4 is 17.8 Å². The Morgan fingerprint density at radius 1 is 1.07 bits per heavy atom. The van der Waals surface area contributed by atoms with Gasteiger partial charge in [0.15, 0.2) is 5.78 Å². The summed E-state index contributed by atoms with van der Waals surface area (Å²) in [5.41, 5.74) is 4.50. The SMILES string of the molecule is CC(C)C1CCC(C)(C)c2cc(C(=O)/C=C/c3ccc(C(=O)O)cc3)ccc21. The first-order chi connectivity index (χ1) is 13.2. The van der Waals surface area contributed by atoms with Crippen LogP contribution in [0.2, 0.25) is 0 Å². The van der Waals surface area contributed by atoms with Crippen LogP contribution in [0.4, 0.5) is 0 Å². The molecule has 0 heterocycles.